The summed E-state index contributed by atoms with van der Waals surface area (Å²) < 4.78 is 15.3. The van der Waals surface area contributed by atoms with Gasteiger partial charge in [-0.15, -0.1) is 0 Å². The van der Waals surface area contributed by atoms with Crippen molar-refractivity contribution in [3.8, 4) is 0 Å². The van der Waals surface area contributed by atoms with Crippen molar-refractivity contribution < 1.29 is 18.4 Å². The maximum absolute atomic E-state index is 10.9. The van der Waals surface area contributed by atoms with Crippen molar-refractivity contribution in [1.82, 2.24) is 5.09 Å². The zero-order chi connectivity index (χ0) is 7.90. The summed E-state index contributed by atoms with van der Waals surface area (Å²) in [4.78, 5) is 10.9. The van der Waals surface area contributed by atoms with Crippen molar-refractivity contribution in [2.45, 2.75) is 13.0 Å². The zero-order valence-electron chi connectivity index (χ0n) is 6.07. The summed E-state index contributed by atoms with van der Waals surface area (Å²) >= 11 is 0. The zero-order valence-corrected chi connectivity index (χ0v) is 6.97. The van der Waals surface area contributed by atoms with E-state index in [-0.39, 0.29) is 12.0 Å². The van der Waals surface area contributed by atoms with Gasteiger partial charge in [0.15, 0.2) is 0 Å². The molecule has 0 aromatic carbocycles. The molecule has 0 aliphatic carbocycles. The van der Waals surface area contributed by atoms with Crippen LogP contribution in [0.4, 0.5) is 0 Å². The van der Waals surface area contributed by atoms with Gasteiger partial charge in [0.05, 0.1) is 0 Å². The summed E-state index contributed by atoms with van der Waals surface area (Å²) in [6, 6.07) is -0.304. The number of rotatable bonds is 0. The molecular formula is C5H9NO4P+. The predicted molar refractivity (Wildman–Crippen MR) is 37.5 cm³/mol. The first-order valence-corrected chi connectivity index (χ1v) is 4.95. The normalized spacial score (nSPS) is 34.6. The largest absolute Gasteiger partial charge is 0.550 e. The van der Waals surface area contributed by atoms with Gasteiger partial charge in [-0.05, 0) is 6.92 Å². The first kappa shape index (κ1) is 7.43. The topological polar surface area (TPSA) is 56.8 Å². The van der Waals surface area contributed by atoms with Crippen LogP contribution in [0, 0.1) is 0 Å². The van der Waals surface area contributed by atoms with Crippen molar-refractivity contribution in [2.75, 3.05) is 13.2 Å². The van der Waals surface area contributed by atoms with Gasteiger partial charge in [0.2, 0.25) is 0 Å². The highest BCUT2D eigenvalue weighted by Crippen LogP contribution is 2.64. The molecule has 2 saturated heterocycles. The van der Waals surface area contributed by atoms with E-state index in [2.05, 4.69) is 5.09 Å². The highest BCUT2D eigenvalue weighted by Gasteiger charge is 2.61. The first-order valence-electron chi connectivity index (χ1n) is 3.41. The highest BCUT2D eigenvalue weighted by atomic mass is 31.2. The molecule has 6 heteroatoms. The Morgan fingerprint density at radius 2 is 2.18 bits per heavy atom. The van der Waals surface area contributed by atoms with Crippen molar-refractivity contribution in [1.29, 1.82) is 0 Å². The Bertz CT molecular complexity index is 191. The Hall–Kier alpha value is -0.220. The summed E-state index contributed by atoms with van der Waals surface area (Å²) in [6.45, 7) is 2.73. The fourth-order valence-corrected chi connectivity index (χ4v) is 2.98. The van der Waals surface area contributed by atoms with Gasteiger partial charge in [-0.2, -0.15) is 9.05 Å². The minimum absolute atomic E-state index is 0.291. The number of hydrogen-bond donors (Lipinski definition) is 1. The number of carbonyl (C=O) groups is 1. The quantitative estimate of drug-likeness (QED) is 0.538. The minimum Gasteiger partial charge on any atom is -0.245 e. The van der Waals surface area contributed by atoms with Gasteiger partial charge in [-0.1, -0.05) is 5.09 Å². The van der Waals surface area contributed by atoms with Crippen LogP contribution in [0.5, 0.6) is 0 Å². The lowest BCUT2D eigenvalue weighted by molar-refractivity contribution is -0.134. The Morgan fingerprint density at radius 1 is 1.55 bits per heavy atom. The molecule has 1 spiro atoms. The number of hydrogen-bond acceptors (Lipinski definition) is 5. The van der Waals surface area contributed by atoms with Crippen LogP contribution >= 0.6 is 8.09 Å². The summed E-state index contributed by atoms with van der Waals surface area (Å²) in [7, 11) is -2.41. The molecular weight excluding hydrogens is 169 g/mol. The Labute approximate surface area is 64.6 Å². The molecule has 2 aliphatic heterocycles. The van der Waals surface area contributed by atoms with Crippen LogP contribution < -0.4 is 5.09 Å². The molecule has 62 valence electrons. The van der Waals surface area contributed by atoms with Crippen molar-refractivity contribution in [3.05, 3.63) is 0 Å². The van der Waals surface area contributed by atoms with E-state index < -0.39 is 8.09 Å². The van der Waals surface area contributed by atoms with Crippen molar-refractivity contribution in [2.24, 2.45) is 0 Å². The molecule has 2 heterocycles. The van der Waals surface area contributed by atoms with E-state index in [1.165, 1.54) is 0 Å². The lowest BCUT2D eigenvalue weighted by atomic mass is 10.4. The maximum atomic E-state index is 10.9. The molecule has 0 saturated carbocycles. The third-order valence-corrected chi connectivity index (χ3v) is 3.69. The molecule has 2 fully saturated rings. The van der Waals surface area contributed by atoms with Crippen molar-refractivity contribution >= 4 is 14.1 Å². The van der Waals surface area contributed by atoms with Gasteiger partial charge >= 0.3 is 14.1 Å². The SMILES string of the molecule is CC1N[P+]2(OCCO2)OC1=O. The van der Waals surface area contributed by atoms with E-state index in [9.17, 15) is 4.79 Å². The van der Waals surface area contributed by atoms with E-state index in [1.807, 2.05) is 0 Å². The van der Waals surface area contributed by atoms with Gasteiger partial charge in [0.25, 0.3) is 0 Å². The number of nitrogens with one attached hydrogen (secondary N) is 1. The summed E-state index contributed by atoms with van der Waals surface area (Å²) in [5.41, 5.74) is 0. The molecule has 1 N–H and O–H groups in total. The molecule has 0 bridgehead atoms. The van der Waals surface area contributed by atoms with Crippen molar-refractivity contribution in [3.63, 3.8) is 0 Å². The van der Waals surface area contributed by atoms with Crippen LogP contribution in [0.3, 0.4) is 0 Å². The van der Waals surface area contributed by atoms with Crippen LogP contribution in [0.25, 0.3) is 0 Å². The minimum atomic E-state index is -2.41. The Morgan fingerprint density at radius 3 is 2.64 bits per heavy atom. The average Bonchev–Trinajstić information content (AvgIpc) is 2.46. The second-order valence-electron chi connectivity index (χ2n) is 2.43. The standard InChI is InChI=1S/C5H9NO4P/c1-4-5(7)10-11(6-4)8-2-3-9-11/h4,6H,2-3H2,1H3/q+1. The fourth-order valence-electron chi connectivity index (χ4n) is 0.993. The summed E-state index contributed by atoms with van der Waals surface area (Å²) in [5.74, 6) is -0.291. The molecule has 5 nitrogen and oxygen atoms in total. The van der Waals surface area contributed by atoms with E-state index >= 15 is 0 Å². The van der Waals surface area contributed by atoms with E-state index in [0.717, 1.165) is 0 Å². The smallest absolute Gasteiger partial charge is 0.245 e. The molecule has 1 atom stereocenters. The molecule has 1 unspecified atom stereocenters. The lowest BCUT2D eigenvalue weighted by Crippen LogP contribution is -2.22. The van der Waals surface area contributed by atoms with Gasteiger partial charge in [0.1, 0.15) is 19.3 Å². The molecule has 2 rings (SSSR count). The van der Waals surface area contributed by atoms with E-state index in [1.54, 1.807) is 6.92 Å². The highest BCUT2D eigenvalue weighted by molar-refractivity contribution is 7.60. The molecule has 0 amide bonds. The van der Waals surface area contributed by atoms with Gasteiger partial charge in [-0.25, -0.2) is 9.32 Å². The van der Waals surface area contributed by atoms with Gasteiger partial charge in [-0.3, -0.25) is 0 Å². The molecule has 0 radical (unpaired) electrons. The van der Waals surface area contributed by atoms with Crippen LogP contribution in [0.2, 0.25) is 0 Å². The molecule has 2 aliphatic rings. The summed E-state index contributed by atoms with van der Waals surface area (Å²) in [5, 5.41) is 2.87. The monoisotopic (exact) mass is 178 g/mol. The van der Waals surface area contributed by atoms with Gasteiger partial charge in [0, 0.05) is 0 Å². The second kappa shape index (κ2) is 2.38. The maximum Gasteiger partial charge on any atom is 0.550 e. The van der Waals surface area contributed by atoms with Gasteiger partial charge < -0.3 is 0 Å². The van der Waals surface area contributed by atoms with Crippen LogP contribution in [0.15, 0.2) is 0 Å². The Balaban J connectivity index is 2.12. The average molecular weight is 178 g/mol. The first-order chi connectivity index (χ1) is 5.22. The predicted octanol–water partition coefficient (Wildman–Crippen LogP) is 0.246. The fraction of sp³-hybridized carbons (Fsp3) is 0.800. The molecule has 11 heavy (non-hydrogen) atoms. The third-order valence-electron chi connectivity index (χ3n) is 1.52. The van der Waals surface area contributed by atoms with Crippen LogP contribution in [0.1, 0.15) is 6.92 Å². The lowest BCUT2D eigenvalue weighted by Gasteiger charge is -2.04. The van der Waals surface area contributed by atoms with E-state index in [4.69, 9.17) is 13.6 Å². The molecule has 0 aromatic rings. The third kappa shape index (κ3) is 1.14. The van der Waals surface area contributed by atoms with Crippen LogP contribution in [-0.2, 0) is 18.4 Å². The second-order valence-corrected chi connectivity index (χ2v) is 4.38. The van der Waals surface area contributed by atoms with E-state index in [0.29, 0.717) is 13.2 Å². The number of carbonyl (C=O) groups excluding carboxylic acids is 1. The molecule has 0 aromatic heterocycles. The Kier molecular flexibility index (Phi) is 1.61. The summed E-state index contributed by atoms with van der Waals surface area (Å²) in [6.07, 6.45) is 0. The van der Waals surface area contributed by atoms with Crippen LogP contribution in [-0.4, -0.2) is 25.2 Å².